The lowest BCUT2D eigenvalue weighted by Gasteiger charge is -2.38. The van der Waals surface area contributed by atoms with Crippen LogP contribution in [0.4, 0.5) is 0 Å². The molecule has 0 saturated carbocycles. The molecule has 1 unspecified atom stereocenters. The van der Waals surface area contributed by atoms with E-state index >= 15 is 0 Å². The van der Waals surface area contributed by atoms with Gasteiger partial charge in [-0.2, -0.15) is 0 Å². The van der Waals surface area contributed by atoms with E-state index in [1.54, 1.807) is 12.3 Å². The van der Waals surface area contributed by atoms with Crippen LogP contribution in [0.15, 0.2) is 10.5 Å². The van der Waals surface area contributed by atoms with E-state index in [1.165, 1.54) is 18.4 Å². The molecule has 10 nitrogen and oxygen atoms in total. The summed E-state index contributed by atoms with van der Waals surface area (Å²) in [5.41, 5.74) is 9.31. The molecule has 0 aliphatic rings. The van der Waals surface area contributed by atoms with Gasteiger partial charge < -0.3 is 19.1 Å². The van der Waals surface area contributed by atoms with Crippen molar-refractivity contribution in [1.29, 1.82) is 0 Å². The second-order valence-corrected chi connectivity index (χ2v) is 9.36. The highest BCUT2D eigenvalue weighted by atomic mass is 32.1. The summed E-state index contributed by atoms with van der Waals surface area (Å²) in [6.45, 7) is 12.6. The van der Waals surface area contributed by atoms with Gasteiger partial charge in [-0.25, -0.2) is 9.78 Å². The lowest BCUT2D eigenvalue weighted by molar-refractivity contribution is -0.139. The van der Waals surface area contributed by atoms with Crippen LogP contribution < -0.4 is 0 Å². The van der Waals surface area contributed by atoms with Gasteiger partial charge in [0.25, 0.3) is 0 Å². The maximum Gasteiger partial charge on any atom is 0.357 e. The van der Waals surface area contributed by atoms with Crippen LogP contribution in [0.25, 0.3) is 10.4 Å². The standard InChI is InChI=1S/C23H39N5O5S/c1-8-11-28(22(29)20(26-27-24)16(6)9-2)18(15(4)5)12-19(33-14-31-7)21-25-17(13-34-21)23(30)32-10-3/h13,15-16,18-20H,8-12,14H2,1-7H3/t16?,18-,19-,20+/m1/s1. The Bertz CT molecular complexity index is 811. The van der Waals surface area contributed by atoms with E-state index in [9.17, 15) is 9.59 Å². The summed E-state index contributed by atoms with van der Waals surface area (Å²) >= 11 is 1.31. The first kappa shape index (κ1) is 29.8. The second-order valence-electron chi connectivity index (χ2n) is 8.47. The zero-order valence-corrected chi connectivity index (χ0v) is 22.2. The van der Waals surface area contributed by atoms with Gasteiger partial charge in [-0.1, -0.05) is 46.2 Å². The number of amides is 1. The van der Waals surface area contributed by atoms with Crippen molar-refractivity contribution in [2.45, 2.75) is 79.0 Å². The molecule has 0 aliphatic heterocycles. The summed E-state index contributed by atoms with van der Waals surface area (Å²) in [6.07, 6.45) is 1.43. The smallest absolute Gasteiger partial charge is 0.357 e. The molecular formula is C23H39N5O5S. The predicted molar refractivity (Wildman–Crippen MR) is 131 cm³/mol. The fraction of sp³-hybridized carbons (Fsp3) is 0.783. The predicted octanol–water partition coefficient (Wildman–Crippen LogP) is 5.36. The Morgan fingerprint density at radius 1 is 1.26 bits per heavy atom. The molecule has 192 valence electrons. The molecule has 0 N–H and O–H groups in total. The van der Waals surface area contributed by atoms with Crippen molar-refractivity contribution in [3.63, 3.8) is 0 Å². The van der Waals surface area contributed by atoms with Crippen molar-refractivity contribution in [2.24, 2.45) is 17.0 Å². The Morgan fingerprint density at radius 3 is 2.50 bits per heavy atom. The number of methoxy groups -OCH3 is 1. The number of rotatable bonds is 16. The van der Waals surface area contributed by atoms with Crippen molar-refractivity contribution in [2.75, 3.05) is 27.1 Å². The van der Waals surface area contributed by atoms with Crippen LogP contribution in [0.5, 0.6) is 0 Å². The summed E-state index contributed by atoms with van der Waals surface area (Å²) in [7, 11) is 1.53. The molecular weight excluding hydrogens is 458 g/mol. The van der Waals surface area contributed by atoms with Crippen molar-refractivity contribution < 1.29 is 23.8 Å². The molecule has 1 amide bonds. The van der Waals surface area contributed by atoms with Crippen molar-refractivity contribution in [1.82, 2.24) is 9.88 Å². The highest BCUT2D eigenvalue weighted by Crippen LogP contribution is 2.31. The number of thiazole rings is 1. The summed E-state index contributed by atoms with van der Waals surface area (Å²) in [6, 6.07) is -0.971. The molecule has 0 saturated heterocycles. The molecule has 11 heteroatoms. The summed E-state index contributed by atoms with van der Waals surface area (Å²) in [5.74, 6) is -0.645. The summed E-state index contributed by atoms with van der Waals surface area (Å²) in [4.78, 5) is 34.9. The average Bonchev–Trinajstić information content (AvgIpc) is 3.31. The third kappa shape index (κ3) is 8.54. The van der Waals surface area contributed by atoms with E-state index in [-0.39, 0.29) is 42.9 Å². The number of esters is 1. The number of carbonyl (C=O) groups excluding carboxylic acids is 2. The minimum atomic E-state index is -0.767. The van der Waals surface area contributed by atoms with Gasteiger partial charge in [0.15, 0.2) is 5.69 Å². The molecule has 0 aromatic carbocycles. The summed E-state index contributed by atoms with van der Waals surface area (Å²) < 4.78 is 16.1. The third-order valence-corrected chi connectivity index (χ3v) is 6.59. The molecule has 0 bridgehead atoms. The molecule has 0 radical (unpaired) electrons. The molecule has 1 aromatic rings. The maximum atomic E-state index is 13.6. The van der Waals surface area contributed by atoms with E-state index < -0.39 is 18.1 Å². The molecule has 4 atom stereocenters. The number of hydrogen-bond donors (Lipinski definition) is 0. The highest BCUT2D eigenvalue weighted by molar-refractivity contribution is 7.09. The normalized spacial score (nSPS) is 14.7. The fourth-order valence-electron chi connectivity index (χ4n) is 3.64. The number of aromatic nitrogens is 1. The summed E-state index contributed by atoms with van der Waals surface area (Å²) in [5, 5.41) is 6.11. The lowest BCUT2D eigenvalue weighted by atomic mass is 9.92. The van der Waals surface area contributed by atoms with Crippen LogP contribution >= 0.6 is 11.3 Å². The zero-order valence-electron chi connectivity index (χ0n) is 21.4. The van der Waals surface area contributed by atoms with E-state index in [1.807, 2.05) is 39.5 Å². The van der Waals surface area contributed by atoms with Crippen LogP contribution in [-0.2, 0) is 19.0 Å². The quantitative estimate of drug-likeness (QED) is 0.0994. The number of hydrogen-bond acceptors (Lipinski definition) is 8. The van der Waals surface area contributed by atoms with E-state index in [4.69, 9.17) is 19.7 Å². The van der Waals surface area contributed by atoms with Crippen LogP contribution in [0.2, 0.25) is 0 Å². The van der Waals surface area contributed by atoms with E-state index in [0.29, 0.717) is 18.0 Å². The van der Waals surface area contributed by atoms with Gasteiger partial charge in [0.2, 0.25) is 5.91 Å². The lowest BCUT2D eigenvalue weighted by Crippen LogP contribution is -2.49. The van der Waals surface area contributed by atoms with Gasteiger partial charge in [-0.3, -0.25) is 4.79 Å². The van der Waals surface area contributed by atoms with Crippen LogP contribution in [-0.4, -0.2) is 60.9 Å². The first-order valence-electron chi connectivity index (χ1n) is 11.8. The van der Waals surface area contributed by atoms with Crippen molar-refractivity contribution >= 4 is 23.2 Å². The zero-order chi connectivity index (χ0) is 25.7. The number of ether oxygens (including phenoxy) is 3. The first-order chi connectivity index (χ1) is 16.2. The molecule has 0 aliphatic carbocycles. The largest absolute Gasteiger partial charge is 0.461 e. The molecule has 1 heterocycles. The van der Waals surface area contributed by atoms with E-state index in [0.717, 1.165) is 12.8 Å². The topological polar surface area (TPSA) is 127 Å². The molecule has 1 rings (SSSR count). The number of carbonyl (C=O) groups is 2. The van der Waals surface area contributed by atoms with Gasteiger partial charge in [-0.05, 0) is 30.7 Å². The molecule has 34 heavy (non-hydrogen) atoms. The highest BCUT2D eigenvalue weighted by Gasteiger charge is 2.35. The minimum Gasteiger partial charge on any atom is -0.461 e. The monoisotopic (exact) mass is 497 g/mol. The van der Waals surface area contributed by atoms with Gasteiger partial charge >= 0.3 is 5.97 Å². The Morgan fingerprint density at radius 2 is 1.97 bits per heavy atom. The van der Waals surface area contributed by atoms with Gasteiger partial charge in [0.05, 0.1) is 6.61 Å². The molecule has 0 spiro atoms. The van der Waals surface area contributed by atoms with Gasteiger partial charge in [0, 0.05) is 36.4 Å². The SMILES string of the molecule is CCCN(C(=O)[C@@H](N=[N+]=[N-])C(C)CC)[C@H](C[C@@H](OCOC)c1nc(C(=O)OCC)cs1)C(C)C. The van der Waals surface area contributed by atoms with Crippen molar-refractivity contribution in [3.05, 3.63) is 26.5 Å². The Balaban J connectivity index is 3.31. The molecule has 1 aromatic heterocycles. The third-order valence-electron chi connectivity index (χ3n) is 5.65. The molecule has 0 fully saturated rings. The number of azide groups is 1. The second kappa shape index (κ2) is 15.7. The fourth-order valence-corrected chi connectivity index (χ4v) is 4.49. The Hall–Kier alpha value is -2.20. The van der Waals surface area contributed by atoms with Crippen LogP contribution in [0.1, 0.15) is 82.4 Å². The van der Waals surface area contributed by atoms with Crippen LogP contribution in [0.3, 0.4) is 0 Å². The van der Waals surface area contributed by atoms with Crippen molar-refractivity contribution in [3.8, 4) is 0 Å². The average molecular weight is 498 g/mol. The van der Waals surface area contributed by atoms with E-state index in [2.05, 4.69) is 15.0 Å². The van der Waals surface area contributed by atoms with Crippen LogP contribution in [0, 0.1) is 11.8 Å². The number of nitrogens with zero attached hydrogens (tertiary/aromatic N) is 5. The maximum absolute atomic E-state index is 13.6. The first-order valence-corrected chi connectivity index (χ1v) is 12.7. The van der Waals surface area contributed by atoms with Gasteiger partial charge in [0.1, 0.15) is 23.9 Å². The van der Waals surface area contributed by atoms with Gasteiger partial charge in [-0.15, -0.1) is 11.3 Å². The minimum absolute atomic E-state index is 0.0414. The Kier molecular flexibility index (Phi) is 13.7. The Labute approximate surface area is 206 Å².